The normalized spacial score (nSPS) is 16.0. The van der Waals surface area contributed by atoms with Gasteiger partial charge in [-0.25, -0.2) is 4.39 Å². The number of nitrogens with zero attached hydrogens (tertiary/aromatic N) is 1. The molecule has 0 fully saturated rings. The monoisotopic (exact) mass is 374 g/mol. The van der Waals surface area contributed by atoms with Crippen LogP contribution >= 0.6 is 11.3 Å². The number of amides is 2. The van der Waals surface area contributed by atoms with E-state index in [1.807, 2.05) is 24.8 Å². The van der Waals surface area contributed by atoms with E-state index in [-0.39, 0.29) is 23.5 Å². The average Bonchev–Trinajstić information content (AvgIpc) is 3.06. The summed E-state index contributed by atoms with van der Waals surface area (Å²) in [6.45, 7) is 5.33. The lowest BCUT2D eigenvalue weighted by Crippen LogP contribution is -2.29. The number of benzene rings is 1. The van der Waals surface area contributed by atoms with Gasteiger partial charge in [-0.2, -0.15) is 0 Å². The zero-order valence-electron chi connectivity index (χ0n) is 15.0. The smallest absolute Gasteiger partial charge is 0.263 e. The van der Waals surface area contributed by atoms with Crippen molar-refractivity contribution in [3.8, 4) is 0 Å². The Morgan fingerprint density at radius 2 is 2.04 bits per heavy atom. The summed E-state index contributed by atoms with van der Waals surface area (Å²) in [4.78, 5) is 28.8. The fraction of sp³-hybridized carbons (Fsp3) is 0.400. The molecular weight excluding hydrogens is 351 g/mol. The number of carbonyl (C=O) groups excluding carboxylic acids is 2. The summed E-state index contributed by atoms with van der Waals surface area (Å²) < 4.78 is 13.3. The van der Waals surface area contributed by atoms with Gasteiger partial charge in [0.05, 0.1) is 4.88 Å². The molecule has 0 bridgehead atoms. The van der Waals surface area contributed by atoms with E-state index in [1.54, 1.807) is 23.5 Å². The highest BCUT2D eigenvalue weighted by Crippen LogP contribution is 2.33. The fourth-order valence-corrected chi connectivity index (χ4v) is 4.51. The Labute approximate surface area is 157 Å². The molecule has 1 unspecified atom stereocenters. The number of fused-ring (bicyclic) bond motifs is 1. The number of thiophene rings is 1. The van der Waals surface area contributed by atoms with Crippen LogP contribution in [0.3, 0.4) is 0 Å². The Kier molecular flexibility index (Phi) is 5.71. The second-order valence-electron chi connectivity index (χ2n) is 6.48. The highest BCUT2D eigenvalue weighted by Gasteiger charge is 2.28. The van der Waals surface area contributed by atoms with Crippen LogP contribution in [0.5, 0.6) is 0 Å². The van der Waals surface area contributed by atoms with Gasteiger partial charge in [-0.15, -0.1) is 11.3 Å². The molecule has 1 aliphatic rings. The van der Waals surface area contributed by atoms with Gasteiger partial charge in [0.25, 0.3) is 5.91 Å². The molecule has 1 aromatic carbocycles. The van der Waals surface area contributed by atoms with E-state index in [2.05, 4.69) is 5.32 Å². The molecule has 0 saturated heterocycles. The first-order valence-corrected chi connectivity index (χ1v) is 9.80. The number of halogens is 1. The van der Waals surface area contributed by atoms with Gasteiger partial charge in [-0.1, -0.05) is 6.07 Å². The molecule has 1 aromatic heterocycles. The summed E-state index contributed by atoms with van der Waals surface area (Å²) >= 11 is 1.55. The van der Waals surface area contributed by atoms with Crippen molar-refractivity contribution >= 4 is 28.8 Å². The summed E-state index contributed by atoms with van der Waals surface area (Å²) in [5.74, 6) is -0.554. The van der Waals surface area contributed by atoms with Crippen LogP contribution in [-0.2, 0) is 17.6 Å². The zero-order chi connectivity index (χ0) is 18.7. The predicted octanol–water partition coefficient (Wildman–Crippen LogP) is 4.11. The Hall–Kier alpha value is -2.21. The van der Waals surface area contributed by atoms with Crippen LogP contribution in [0.1, 0.15) is 40.4 Å². The van der Waals surface area contributed by atoms with Crippen LogP contribution in [0.15, 0.2) is 30.3 Å². The maximum atomic E-state index is 13.3. The number of anilines is 1. The van der Waals surface area contributed by atoms with Crippen LogP contribution < -0.4 is 5.32 Å². The van der Waals surface area contributed by atoms with Crippen molar-refractivity contribution in [3.05, 3.63) is 51.5 Å². The van der Waals surface area contributed by atoms with Crippen molar-refractivity contribution in [3.63, 3.8) is 0 Å². The number of carbonyl (C=O) groups is 2. The van der Waals surface area contributed by atoms with Gasteiger partial charge in [0.1, 0.15) is 5.82 Å². The van der Waals surface area contributed by atoms with Crippen LogP contribution in [0.2, 0.25) is 0 Å². The topological polar surface area (TPSA) is 49.4 Å². The minimum Gasteiger partial charge on any atom is -0.339 e. The third-order valence-corrected chi connectivity index (χ3v) is 6.03. The second-order valence-corrected chi connectivity index (χ2v) is 7.61. The van der Waals surface area contributed by atoms with E-state index >= 15 is 0 Å². The number of aryl methyl sites for hydroxylation is 1. The number of nitrogens with one attached hydrogen (secondary N) is 1. The largest absolute Gasteiger partial charge is 0.339 e. The number of hydrogen-bond donors (Lipinski definition) is 1. The summed E-state index contributed by atoms with van der Waals surface area (Å²) in [7, 11) is 0. The first-order chi connectivity index (χ1) is 12.5. The lowest BCUT2D eigenvalue weighted by Gasteiger charge is -2.21. The zero-order valence-corrected chi connectivity index (χ0v) is 15.9. The minimum atomic E-state index is -0.369. The lowest BCUT2D eigenvalue weighted by atomic mass is 9.87. The molecule has 26 heavy (non-hydrogen) atoms. The maximum absolute atomic E-state index is 13.3. The Morgan fingerprint density at radius 3 is 2.73 bits per heavy atom. The van der Waals surface area contributed by atoms with Gasteiger partial charge in [0, 0.05) is 29.6 Å². The molecule has 0 radical (unpaired) electrons. The van der Waals surface area contributed by atoms with Crippen LogP contribution in [0.4, 0.5) is 10.1 Å². The molecule has 2 aromatic rings. The van der Waals surface area contributed by atoms with Gasteiger partial charge in [-0.3, -0.25) is 9.59 Å². The van der Waals surface area contributed by atoms with E-state index in [0.717, 1.165) is 23.3 Å². The molecule has 3 rings (SSSR count). The summed E-state index contributed by atoms with van der Waals surface area (Å²) in [6, 6.07) is 7.87. The quantitative estimate of drug-likeness (QED) is 0.856. The third-order valence-electron chi connectivity index (χ3n) is 4.81. The molecule has 0 spiro atoms. The van der Waals surface area contributed by atoms with Gasteiger partial charge in [-0.05, 0) is 62.9 Å². The Balaban J connectivity index is 1.69. The summed E-state index contributed by atoms with van der Waals surface area (Å²) in [5, 5.41) is 2.80. The third kappa shape index (κ3) is 3.96. The molecule has 1 atom stereocenters. The minimum absolute atomic E-state index is 0.0650. The summed E-state index contributed by atoms with van der Waals surface area (Å²) in [5.41, 5.74) is 1.57. The lowest BCUT2D eigenvalue weighted by molar-refractivity contribution is -0.120. The Bertz CT molecular complexity index is 814. The number of rotatable bonds is 5. The van der Waals surface area contributed by atoms with Crippen molar-refractivity contribution in [2.45, 2.75) is 33.1 Å². The van der Waals surface area contributed by atoms with Crippen molar-refractivity contribution in [2.24, 2.45) is 5.92 Å². The van der Waals surface area contributed by atoms with Gasteiger partial charge >= 0.3 is 0 Å². The van der Waals surface area contributed by atoms with E-state index in [9.17, 15) is 14.0 Å². The molecule has 0 aliphatic heterocycles. The van der Waals surface area contributed by atoms with Gasteiger partial charge in [0.15, 0.2) is 0 Å². The molecule has 2 amide bonds. The standard InChI is InChI=1S/C20H23FN2O2S/c1-3-23(4-2)20(25)18-11-14-10-13(8-9-17(14)26-18)19(24)22-16-7-5-6-15(21)12-16/h5-7,11-13H,3-4,8-10H2,1-2H3,(H,22,24). The highest BCUT2D eigenvalue weighted by atomic mass is 32.1. The predicted molar refractivity (Wildman–Crippen MR) is 102 cm³/mol. The van der Waals surface area contributed by atoms with E-state index in [1.165, 1.54) is 17.0 Å². The molecule has 0 saturated carbocycles. The Morgan fingerprint density at radius 1 is 1.27 bits per heavy atom. The average molecular weight is 374 g/mol. The highest BCUT2D eigenvalue weighted by molar-refractivity contribution is 7.14. The van der Waals surface area contributed by atoms with E-state index < -0.39 is 0 Å². The van der Waals surface area contributed by atoms with Crippen molar-refractivity contribution in [2.75, 3.05) is 18.4 Å². The second kappa shape index (κ2) is 7.99. The van der Waals surface area contributed by atoms with Gasteiger partial charge < -0.3 is 10.2 Å². The van der Waals surface area contributed by atoms with Crippen molar-refractivity contribution in [1.82, 2.24) is 4.90 Å². The molecule has 138 valence electrons. The van der Waals surface area contributed by atoms with Gasteiger partial charge in [0.2, 0.25) is 5.91 Å². The van der Waals surface area contributed by atoms with Crippen molar-refractivity contribution < 1.29 is 14.0 Å². The molecule has 1 heterocycles. The SMILES string of the molecule is CCN(CC)C(=O)c1cc2c(s1)CCC(C(=O)Nc1cccc(F)c1)C2. The molecular formula is C20H23FN2O2S. The van der Waals surface area contributed by atoms with Crippen LogP contribution in [0.25, 0.3) is 0 Å². The number of hydrogen-bond acceptors (Lipinski definition) is 3. The van der Waals surface area contributed by atoms with Crippen molar-refractivity contribution in [1.29, 1.82) is 0 Å². The molecule has 4 nitrogen and oxygen atoms in total. The fourth-order valence-electron chi connectivity index (χ4n) is 3.33. The first-order valence-electron chi connectivity index (χ1n) is 8.99. The summed E-state index contributed by atoms with van der Waals surface area (Å²) in [6.07, 6.45) is 2.17. The molecule has 1 N–H and O–H groups in total. The van der Waals surface area contributed by atoms with Crippen LogP contribution in [0, 0.1) is 11.7 Å². The van der Waals surface area contributed by atoms with E-state index in [4.69, 9.17) is 0 Å². The molecule has 6 heteroatoms. The van der Waals surface area contributed by atoms with E-state index in [0.29, 0.717) is 25.2 Å². The van der Waals surface area contributed by atoms with Crippen LogP contribution in [-0.4, -0.2) is 29.8 Å². The maximum Gasteiger partial charge on any atom is 0.263 e. The molecule has 1 aliphatic carbocycles. The first kappa shape index (κ1) is 18.6.